The molecule has 0 amide bonds. The molecule has 0 spiro atoms. The molecule has 0 bridgehead atoms. The molecule has 0 radical (unpaired) electrons. The number of aliphatic hydroxyl groups is 1. The fourth-order valence-corrected chi connectivity index (χ4v) is 7.91. The van der Waals surface area contributed by atoms with Crippen LogP contribution in [0.1, 0.15) is 98.8 Å². The van der Waals surface area contributed by atoms with Crippen molar-refractivity contribution in [2.75, 3.05) is 0 Å². The summed E-state index contributed by atoms with van der Waals surface area (Å²) in [6, 6.07) is 0. The van der Waals surface area contributed by atoms with Crippen LogP contribution in [0.25, 0.3) is 0 Å². The molecule has 2 fully saturated rings. The van der Waals surface area contributed by atoms with Crippen LogP contribution < -0.4 is 0 Å². The molecule has 4 aliphatic rings. The van der Waals surface area contributed by atoms with Crippen molar-refractivity contribution in [1.82, 2.24) is 0 Å². The van der Waals surface area contributed by atoms with E-state index in [1.807, 2.05) is 0 Å². The Morgan fingerprint density at radius 3 is 2.61 bits per heavy atom. The van der Waals surface area contributed by atoms with Gasteiger partial charge in [-0.1, -0.05) is 71.6 Å². The summed E-state index contributed by atoms with van der Waals surface area (Å²) in [7, 11) is 0. The molecule has 1 nitrogen and oxygen atoms in total. The van der Waals surface area contributed by atoms with Crippen molar-refractivity contribution in [3.63, 3.8) is 0 Å². The van der Waals surface area contributed by atoms with Gasteiger partial charge in [-0.2, -0.15) is 0 Å². The summed E-state index contributed by atoms with van der Waals surface area (Å²) in [6.45, 7) is 12.4. The molecule has 2 saturated carbocycles. The number of hydrogen-bond acceptors (Lipinski definition) is 1. The molecule has 1 heteroatoms. The number of aliphatic hydroxyl groups excluding tert-OH is 1. The average Bonchev–Trinajstić information content (AvgIpc) is 2.99. The summed E-state index contributed by atoms with van der Waals surface area (Å²) < 4.78 is 0. The second-order valence-electron chi connectivity index (χ2n) is 11.8. The van der Waals surface area contributed by atoms with Gasteiger partial charge in [0.15, 0.2) is 0 Å². The standard InChI is InChI=1S/C27H44O/c1-18(2)7-6-8-19(3)23-11-12-24-22-10-9-20-17-21(28)13-15-26(20,4)25(22)14-16-27(23,24)5/h9-10,18-21,23-24,28H,6-8,11-17H2,1-5H3/t19-,20+,21?,23-,24+,26+,27-/m1/s1. The predicted molar refractivity (Wildman–Crippen MR) is 119 cm³/mol. The van der Waals surface area contributed by atoms with Crippen molar-refractivity contribution >= 4 is 0 Å². The van der Waals surface area contributed by atoms with Crippen molar-refractivity contribution in [2.45, 2.75) is 105 Å². The van der Waals surface area contributed by atoms with Crippen molar-refractivity contribution in [3.05, 3.63) is 23.3 Å². The van der Waals surface area contributed by atoms with E-state index in [0.29, 0.717) is 16.7 Å². The van der Waals surface area contributed by atoms with Crippen LogP contribution in [0, 0.1) is 40.4 Å². The minimum absolute atomic E-state index is 0.0821. The molecule has 0 heterocycles. The third-order valence-electron chi connectivity index (χ3n) is 9.71. The molecule has 0 aromatic carbocycles. The van der Waals surface area contributed by atoms with E-state index in [2.05, 4.69) is 46.8 Å². The first-order valence-corrected chi connectivity index (χ1v) is 12.4. The lowest BCUT2D eigenvalue weighted by Gasteiger charge is -2.53. The van der Waals surface area contributed by atoms with Crippen molar-refractivity contribution in [3.8, 4) is 0 Å². The third kappa shape index (κ3) is 3.34. The van der Waals surface area contributed by atoms with Crippen LogP contribution in [0.3, 0.4) is 0 Å². The minimum Gasteiger partial charge on any atom is -0.393 e. The van der Waals surface area contributed by atoms with Crippen molar-refractivity contribution in [1.29, 1.82) is 0 Å². The largest absolute Gasteiger partial charge is 0.393 e. The Hall–Kier alpha value is -0.560. The molecule has 7 atom stereocenters. The highest BCUT2D eigenvalue weighted by Gasteiger charge is 2.54. The van der Waals surface area contributed by atoms with Crippen LogP contribution in [0.4, 0.5) is 0 Å². The van der Waals surface area contributed by atoms with Gasteiger partial charge < -0.3 is 5.11 Å². The second-order valence-corrected chi connectivity index (χ2v) is 11.8. The summed E-state index contributed by atoms with van der Waals surface area (Å²) in [5, 5.41) is 10.2. The van der Waals surface area contributed by atoms with Gasteiger partial charge in [-0.25, -0.2) is 0 Å². The smallest absolute Gasteiger partial charge is 0.0546 e. The highest BCUT2D eigenvalue weighted by molar-refractivity contribution is 5.42. The number of fused-ring (bicyclic) bond motifs is 4. The van der Waals surface area contributed by atoms with Crippen molar-refractivity contribution < 1.29 is 5.11 Å². The molecule has 1 unspecified atom stereocenters. The first-order valence-electron chi connectivity index (χ1n) is 12.4. The summed E-state index contributed by atoms with van der Waals surface area (Å²) >= 11 is 0. The first kappa shape index (κ1) is 20.7. The SMILES string of the molecule is CC(C)CCC[C@@H](C)[C@H]1CC[C@H]2C3=C(CC[C@]12C)[C@@]1(C)CCC(O)C[C@@H]1C=C3. The van der Waals surface area contributed by atoms with Gasteiger partial charge in [-0.3, -0.25) is 0 Å². The molecule has 0 aromatic heterocycles. The van der Waals surface area contributed by atoms with E-state index in [0.717, 1.165) is 36.5 Å². The van der Waals surface area contributed by atoms with Gasteiger partial charge >= 0.3 is 0 Å². The molecular weight excluding hydrogens is 340 g/mol. The Bertz CT molecular complexity index is 643. The van der Waals surface area contributed by atoms with Gasteiger partial charge in [-0.05, 0) is 90.9 Å². The van der Waals surface area contributed by atoms with E-state index >= 15 is 0 Å². The zero-order valence-corrected chi connectivity index (χ0v) is 19.1. The third-order valence-corrected chi connectivity index (χ3v) is 9.71. The molecule has 0 aromatic rings. The summed E-state index contributed by atoms with van der Waals surface area (Å²) in [4.78, 5) is 0. The van der Waals surface area contributed by atoms with Gasteiger partial charge in [0.05, 0.1) is 6.10 Å². The fraction of sp³-hybridized carbons (Fsp3) is 0.852. The van der Waals surface area contributed by atoms with Gasteiger partial charge in [0.2, 0.25) is 0 Å². The van der Waals surface area contributed by atoms with E-state index < -0.39 is 0 Å². The van der Waals surface area contributed by atoms with Gasteiger partial charge in [0.1, 0.15) is 0 Å². The predicted octanol–water partition coefficient (Wildman–Crippen LogP) is 7.31. The van der Waals surface area contributed by atoms with Gasteiger partial charge in [0, 0.05) is 0 Å². The highest BCUT2D eigenvalue weighted by atomic mass is 16.3. The van der Waals surface area contributed by atoms with E-state index in [4.69, 9.17) is 0 Å². The lowest BCUT2D eigenvalue weighted by atomic mass is 9.52. The maximum Gasteiger partial charge on any atom is 0.0546 e. The minimum atomic E-state index is -0.0821. The molecule has 0 saturated heterocycles. The van der Waals surface area contributed by atoms with E-state index in [-0.39, 0.29) is 6.10 Å². The molecule has 158 valence electrons. The van der Waals surface area contributed by atoms with E-state index in [1.54, 1.807) is 11.1 Å². The van der Waals surface area contributed by atoms with E-state index in [1.165, 1.54) is 51.4 Å². The lowest BCUT2D eigenvalue weighted by Crippen LogP contribution is -2.44. The van der Waals surface area contributed by atoms with Crippen LogP contribution >= 0.6 is 0 Å². The summed E-state index contributed by atoms with van der Waals surface area (Å²) in [5.74, 6) is 3.97. The van der Waals surface area contributed by atoms with Crippen LogP contribution in [0.15, 0.2) is 23.3 Å². The molecule has 0 aliphatic heterocycles. The van der Waals surface area contributed by atoms with Gasteiger partial charge in [0.25, 0.3) is 0 Å². The van der Waals surface area contributed by atoms with E-state index in [9.17, 15) is 5.11 Å². The van der Waals surface area contributed by atoms with Crippen LogP contribution in [0.2, 0.25) is 0 Å². The Morgan fingerprint density at radius 2 is 1.86 bits per heavy atom. The topological polar surface area (TPSA) is 20.2 Å². The quantitative estimate of drug-likeness (QED) is 0.527. The average molecular weight is 385 g/mol. The fourth-order valence-electron chi connectivity index (χ4n) is 7.91. The van der Waals surface area contributed by atoms with Crippen molar-refractivity contribution in [2.24, 2.45) is 40.4 Å². The molecule has 4 aliphatic carbocycles. The normalized spacial score (nSPS) is 43.7. The van der Waals surface area contributed by atoms with Crippen LogP contribution in [-0.2, 0) is 0 Å². The zero-order valence-electron chi connectivity index (χ0n) is 19.1. The Morgan fingerprint density at radius 1 is 1.07 bits per heavy atom. The summed E-state index contributed by atoms with van der Waals surface area (Å²) in [5.41, 5.74) is 4.37. The number of allylic oxidation sites excluding steroid dienone is 4. The lowest BCUT2D eigenvalue weighted by molar-refractivity contribution is 0.0426. The number of hydrogen-bond donors (Lipinski definition) is 1. The van der Waals surface area contributed by atoms with Gasteiger partial charge in [-0.15, -0.1) is 0 Å². The first-order chi connectivity index (χ1) is 13.3. The molecular formula is C27H44O. The Labute approximate surface area is 174 Å². The Balaban J connectivity index is 1.53. The Kier molecular flexibility index (Phi) is 5.62. The van der Waals surface area contributed by atoms with Crippen LogP contribution in [-0.4, -0.2) is 11.2 Å². The monoisotopic (exact) mass is 384 g/mol. The van der Waals surface area contributed by atoms with Crippen LogP contribution in [0.5, 0.6) is 0 Å². The maximum absolute atomic E-state index is 10.2. The zero-order chi connectivity index (χ0) is 20.1. The highest BCUT2D eigenvalue weighted by Crippen LogP contribution is 2.64. The molecule has 1 N–H and O–H groups in total. The number of rotatable bonds is 5. The maximum atomic E-state index is 10.2. The molecule has 28 heavy (non-hydrogen) atoms. The summed E-state index contributed by atoms with van der Waals surface area (Å²) in [6.07, 6.45) is 17.9. The second kappa shape index (κ2) is 7.60. The molecule has 4 rings (SSSR count).